The third-order valence-corrected chi connectivity index (χ3v) is 5.68. The maximum absolute atomic E-state index is 4.80. The molecular weight excluding hydrogens is 476 g/mol. The molecule has 0 N–H and O–H groups in total. The van der Waals surface area contributed by atoms with E-state index in [-0.39, 0.29) is 0 Å². The van der Waals surface area contributed by atoms with Crippen molar-refractivity contribution >= 4 is 53.7 Å². The lowest BCUT2D eigenvalue weighted by Gasteiger charge is -2.12. The smallest absolute Gasteiger partial charge is 0.107 e. The molecular formula is C24H14Br2N2. The molecule has 0 aliphatic carbocycles. The molecule has 0 unspecified atom stereocenters. The van der Waals surface area contributed by atoms with Gasteiger partial charge in [-0.25, -0.2) is 9.97 Å². The zero-order chi connectivity index (χ0) is 19.1. The van der Waals surface area contributed by atoms with E-state index in [1.54, 1.807) is 0 Å². The van der Waals surface area contributed by atoms with Crippen LogP contribution in [0.25, 0.3) is 44.1 Å². The lowest BCUT2D eigenvalue weighted by Crippen LogP contribution is -1.92. The van der Waals surface area contributed by atoms with Crippen molar-refractivity contribution in [3.8, 4) is 22.3 Å². The molecule has 0 radical (unpaired) electrons. The Kier molecular flexibility index (Phi) is 4.46. The summed E-state index contributed by atoms with van der Waals surface area (Å²) >= 11 is 7.20. The fraction of sp³-hybridized carbons (Fsp3) is 0. The summed E-state index contributed by atoms with van der Waals surface area (Å²) < 4.78 is 1.60. The van der Waals surface area contributed by atoms with Gasteiger partial charge in [0, 0.05) is 10.8 Å². The summed E-state index contributed by atoms with van der Waals surface area (Å²) in [4.78, 5) is 9.60. The number of fused-ring (bicyclic) bond motifs is 3. The summed E-state index contributed by atoms with van der Waals surface area (Å²) in [5.41, 5.74) is 6.39. The van der Waals surface area contributed by atoms with Crippen LogP contribution in [-0.4, -0.2) is 9.97 Å². The van der Waals surface area contributed by atoms with Gasteiger partial charge in [-0.2, -0.15) is 0 Å². The molecule has 0 spiro atoms. The molecule has 0 saturated heterocycles. The Bertz CT molecular complexity index is 1210. The van der Waals surface area contributed by atoms with Gasteiger partial charge in [0.25, 0.3) is 0 Å². The van der Waals surface area contributed by atoms with Crippen molar-refractivity contribution in [2.75, 3.05) is 0 Å². The Morgan fingerprint density at radius 3 is 1.29 bits per heavy atom. The Morgan fingerprint density at radius 1 is 0.500 bits per heavy atom. The first-order chi connectivity index (χ1) is 13.7. The average molecular weight is 490 g/mol. The maximum Gasteiger partial charge on any atom is 0.107 e. The van der Waals surface area contributed by atoms with Crippen LogP contribution in [0.5, 0.6) is 0 Å². The normalized spacial score (nSPS) is 11.2. The van der Waals surface area contributed by atoms with Crippen LogP contribution in [0.4, 0.5) is 0 Å². The zero-order valence-corrected chi connectivity index (χ0v) is 17.9. The lowest BCUT2D eigenvalue weighted by molar-refractivity contribution is 1.32. The Morgan fingerprint density at radius 2 is 0.893 bits per heavy atom. The van der Waals surface area contributed by atoms with E-state index < -0.39 is 0 Å². The van der Waals surface area contributed by atoms with Crippen molar-refractivity contribution in [2.45, 2.75) is 0 Å². The highest BCUT2D eigenvalue weighted by Gasteiger charge is 2.14. The van der Waals surface area contributed by atoms with Gasteiger partial charge in [-0.15, -0.1) is 0 Å². The van der Waals surface area contributed by atoms with Gasteiger partial charge in [-0.3, -0.25) is 0 Å². The van der Waals surface area contributed by atoms with Gasteiger partial charge in [-0.05, 0) is 66.2 Å². The molecule has 2 nitrogen and oxygen atoms in total. The van der Waals surface area contributed by atoms with Crippen LogP contribution >= 0.6 is 31.9 Å². The van der Waals surface area contributed by atoms with E-state index in [4.69, 9.17) is 9.97 Å². The van der Waals surface area contributed by atoms with Gasteiger partial charge in [-0.1, -0.05) is 72.8 Å². The second kappa shape index (κ2) is 7.12. The van der Waals surface area contributed by atoms with E-state index in [1.807, 2.05) is 12.1 Å². The number of nitrogens with zero attached hydrogens (tertiary/aromatic N) is 2. The van der Waals surface area contributed by atoms with Crippen molar-refractivity contribution < 1.29 is 0 Å². The predicted molar refractivity (Wildman–Crippen MR) is 123 cm³/mol. The number of halogens is 2. The fourth-order valence-corrected chi connectivity index (χ4v) is 4.44. The fourth-order valence-electron chi connectivity index (χ4n) is 3.63. The van der Waals surface area contributed by atoms with Gasteiger partial charge < -0.3 is 0 Å². The highest BCUT2D eigenvalue weighted by molar-refractivity contribution is 9.10. The van der Waals surface area contributed by atoms with Crippen LogP contribution in [0.1, 0.15) is 0 Å². The molecule has 0 amide bonds. The molecule has 28 heavy (non-hydrogen) atoms. The Hall–Kier alpha value is -2.56. The van der Waals surface area contributed by atoms with Gasteiger partial charge in [0.05, 0.1) is 11.0 Å². The van der Waals surface area contributed by atoms with Crippen LogP contribution in [-0.2, 0) is 0 Å². The molecule has 0 aliphatic heterocycles. The topological polar surface area (TPSA) is 25.8 Å². The Balaban J connectivity index is 1.89. The first kappa shape index (κ1) is 17.5. The number of pyridine rings is 2. The predicted octanol–water partition coefficient (Wildman–Crippen LogP) is 7.64. The maximum atomic E-state index is 4.80. The minimum atomic E-state index is 0.800. The van der Waals surface area contributed by atoms with Crippen LogP contribution in [0.15, 0.2) is 94.1 Å². The molecule has 4 heteroatoms. The molecule has 5 aromatic rings. The number of hydrogen-bond donors (Lipinski definition) is 0. The van der Waals surface area contributed by atoms with Crippen molar-refractivity contribution in [1.29, 1.82) is 0 Å². The molecule has 5 rings (SSSR count). The summed E-state index contributed by atoms with van der Waals surface area (Å²) in [6, 6.07) is 29.2. The van der Waals surface area contributed by atoms with Crippen LogP contribution < -0.4 is 0 Å². The SMILES string of the molecule is Brc1cc(-c2ccccc2)c2ccc3c(-c4ccccc4)cc(Br)nc3c2n1. The minimum absolute atomic E-state index is 0.800. The van der Waals surface area contributed by atoms with Crippen LogP contribution in [0.2, 0.25) is 0 Å². The second-order valence-corrected chi connectivity index (χ2v) is 8.20. The van der Waals surface area contributed by atoms with E-state index in [0.717, 1.165) is 53.3 Å². The van der Waals surface area contributed by atoms with Gasteiger partial charge in [0.1, 0.15) is 9.21 Å². The van der Waals surface area contributed by atoms with Crippen molar-refractivity contribution in [3.63, 3.8) is 0 Å². The molecule has 3 aromatic carbocycles. The first-order valence-corrected chi connectivity index (χ1v) is 10.5. The minimum Gasteiger partial charge on any atom is -0.239 e. The van der Waals surface area contributed by atoms with Gasteiger partial charge in [0.15, 0.2) is 0 Å². The Labute approximate surface area is 179 Å². The second-order valence-electron chi connectivity index (χ2n) is 6.58. The number of hydrogen-bond acceptors (Lipinski definition) is 2. The summed E-state index contributed by atoms with van der Waals surface area (Å²) in [7, 11) is 0. The summed E-state index contributed by atoms with van der Waals surface area (Å²) in [5, 5.41) is 2.18. The standard InChI is InChI=1S/C24H14Br2N2/c25-21-13-19(15-7-3-1-4-8-15)17-11-12-18-20(16-9-5-2-6-10-16)14-22(26)28-24(18)23(17)27-21/h1-14H. The van der Waals surface area contributed by atoms with Gasteiger partial charge >= 0.3 is 0 Å². The number of aromatic nitrogens is 2. The molecule has 0 saturated carbocycles. The van der Waals surface area contributed by atoms with Crippen molar-refractivity contribution in [1.82, 2.24) is 9.97 Å². The monoisotopic (exact) mass is 488 g/mol. The molecule has 134 valence electrons. The van der Waals surface area contributed by atoms with Crippen LogP contribution in [0.3, 0.4) is 0 Å². The van der Waals surface area contributed by atoms with E-state index in [0.29, 0.717) is 0 Å². The third kappa shape index (κ3) is 3.03. The van der Waals surface area contributed by atoms with Crippen LogP contribution in [0, 0.1) is 0 Å². The van der Waals surface area contributed by atoms with Gasteiger partial charge in [0.2, 0.25) is 0 Å². The largest absolute Gasteiger partial charge is 0.239 e. The summed E-state index contributed by atoms with van der Waals surface area (Å²) in [6.45, 7) is 0. The summed E-state index contributed by atoms with van der Waals surface area (Å²) in [6.07, 6.45) is 0. The number of rotatable bonds is 2. The highest BCUT2D eigenvalue weighted by atomic mass is 79.9. The zero-order valence-electron chi connectivity index (χ0n) is 14.7. The van der Waals surface area contributed by atoms with Crippen molar-refractivity contribution in [3.05, 3.63) is 94.1 Å². The quantitative estimate of drug-likeness (QED) is 0.188. The lowest BCUT2D eigenvalue weighted by atomic mass is 9.96. The molecule has 2 aromatic heterocycles. The average Bonchev–Trinajstić information content (AvgIpc) is 2.74. The molecule has 0 fully saturated rings. The van der Waals surface area contributed by atoms with E-state index in [9.17, 15) is 0 Å². The molecule has 2 heterocycles. The van der Waals surface area contributed by atoms with E-state index >= 15 is 0 Å². The third-order valence-electron chi connectivity index (χ3n) is 4.87. The molecule has 0 atom stereocenters. The van der Waals surface area contributed by atoms with Crippen molar-refractivity contribution in [2.24, 2.45) is 0 Å². The first-order valence-electron chi connectivity index (χ1n) is 8.91. The van der Waals surface area contributed by atoms with E-state index in [2.05, 4.69) is 105 Å². The summed E-state index contributed by atoms with van der Waals surface area (Å²) in [5.74, 6) is 0. The van der Waals surface area contributed by atoms with E-state index in [1.165, 1.54) is 0 Å². The molecule has 0 bridgehead atoms. The molecule has 0 aliphatic rings. The highest BCUT2D eigenvalue weighted by Crippen LogP contribution is 2.37. The number of benzene rings is 3.